The molecule has 0 atom stereocenters. The molecule has 0 unspecified atom stereocenters. The molecule has 3 N–H and O–H groups in total. The number of halogens is 1. The van der Waals surface area contributed by atoms with Crippen LogP contribution in [-0.4, -0.2) is 26.2 Å². The number of aryl methyl sites for hydroxylation is 1. The molecule has 0 aliphatic heterocycles. The largest absolute Gasteiger partial charge is 0.364 e. The van der Waals surface area contributed by atoms with Crippen LogP contribution in [0.25, 0.3) is 10.2 Å². The highest BCUT2D eigenvalue weighted by Gasteiger charge is 2.23. The van der Waals surface area contributed by atoms with E-state index in [1.165, 1.54) is 28.2 Å². The number of nitrogens with two attached hydrogens (primary N) is 1. The number of thiophene rings is 1. The second-order valence-corrected chi connectivity index (χ2v) is 7.61. The average Bonchev–Trinajstić information content (AvgIpc) is 3.33. The van der Waals surface area contributed by atoms with Gasteiger partial charge in [-0.05, 0) is 42.1 Å². The number of hydrogen-bond donors (Lipinski definition) is 2. The third kappa shape index (κ3) is 3.40. The molecule has 7 nitrogen and oxygen atoms in total. The first-order valence-electron chi connectivity index (χ1n) is 8.81. The highest BCUT2D eigenvalue weighted by molar-refractivity contribution is 7.17. The number of aromatic nitrogens is 3. The van der Waals surface area contributed by atoms with Crippen LogP contribution in [-0.2, 0) is 13.6 Å². The number of nitrogens with zero attached hydrogens (tertiary/aromatic N) is 3. The molecular weight excluding hydrogens is 393 g/mol. The van der Waals surface area contributed by atoms with Crippen molar-refractivity contribution in [2.24, 2.45) is 12.8 Å². The van der Waals surface area contributed by atoms with Crippen molar-refractivity contribution in [3.05, 3.63) is 70.2 Å². The number of benzene rings is 1. The maximum Gasteiger partial charge on any atom is 0.272 e. The summed E-state index contributed by atoms with van der Waals surface area (Å²) < 4.78 is 17.9. The smallest absolute Gasteiger partial charge is 0.272 e. The van der Waals surface area contributed by atoms with Crippen molar-refractivity contribution < 1.29 is 14.0 Å². The minimum atomic E-state index is -0.722. The minimum absolute atomic E-state index is 0.00315. The van der Waals surface area contributed by atoms with Crippen LogP contribution in [0.15, 0.2) is 41.8 Å². The lowest BCUT2D eigenvalue weighted by Crippen LogP contribution is -2.21. The predicted octanol–water partition coefficient (Wildman–Crippen LogP) is 3.28. The van der Waals surface area contributed by atoms with Crippen LogP contribution in [0.3, 0.4) is 0 Å². The van der Waals surface area contributed by atoms with Crippen molar-refractivity contribution in [3.8, 4) is 0 Å². The van der Waals surface area contributed by atoms with Crippen molar-refractivity contribution in [2.45, 2.75) is 13.5 Å². The monoisotopic (exact) mass is 411 g/mol. The van der Waals surface area contributed by atoms with Gasteiger partial charge in [0.2, 0.25) is 0 Å². The van der Waals surface area contributed by atoms with Gasteiger partial charge in [0.15, 0.2) is 5.69 Å². The standard InChI is InChI=1S/C20H18FN5O2S/c1-11-17(18(19(22)27)24-25(11)2)23-20(28)15-9-16-14(6-7-29-16)26(15)10-12-4-3-5-13(21)8-12/h3-9H,10H2,1-2H3,(H2,22,27)(H,23,28). The molecule has 4 rings (SSSR count). The van der Waals surface area contributed by atoms with Crippen LogP contribution >= 0.6 is 11.3 Å². The molecule has 29 heavy (non-hydrogen) atoms. The first-order chi connectivity index (χ1) is 13.8. The average molecular weight is 411 g/mol. The van der Waals surface area contributed by atoms with Gasteiger partial charge in [0.25, 0.3) is 11.8 Å². The number of carbonyl (C=O) groups is 2. The van der Waals surface area contributed by atoms with Crippen molar-refractivity contribution in [3.63, 3.8) is 0 Å². The molecule has 0 aliphatic rings. The van der Waals surface area contributed by atoms with E-state index in [0.29, 0.717) is 17.9 Å². The van der Waals surface area contributed by atoms with E-state index in [1.807, 2.05) is 16.0 Å². The highest BCUT2D eigenvalue weighted by Crippen LogP contribution is 2.28. The van der Waals surface area contributed by atoms with Gasteiger partial charge < -0.3 is 15.6 Å². The maximum absolute atomic E-state index is 13.6. The topological polar surface area (TPSA) is 94.9 Å². The summed E-state index contributed by atoms with van der Waals surface area (Å²) in [6.07, 6.45) is 0. The van der Waals surface area contributed by atoms with Gasteiger partial charge in [-0.1, -0.05) is 12.1 Å². The summed E-state index contributed by atoms with van der Waals surface area (Å²) in [4.78, 5) is 24.8. The van der Waals surface area contributed by atoms with Crippen molar-refractivity contribution in [1.29, 1.82) is 0 Å². The molecule has 0 fully saturated rings. The molecule has 0 spiro atoms. The van der Waals surface area contributed by atoms with Crippen LogP contribution in [0.1, 0.15) is 32.2 Å². The Hall–Kier alpha value is -3.46. The molecule has 9 heteroatoms. The first kappa shape index (κ1) is 18.9. The van der Waals surface area contributed by atoms with Gasteiger partial charge in [-0.25, -0.2) is 4.39 Å². The second-order valence-electron chi connectivity index (χ2n) is 6.67. The summed E-state index contributed by atoms with van der Waals surface area (Å²) in [5, 5.41) is 8.78. The second kappa shape index (κ2) is 7.17. The molecule has 148 valence electrons. The SMILES string of the molecule is Cc1c(NC(=O)c2cc3sccc3n2Cc2cccc(F)c2)c(C(N)=O)nn1C. The molecule has 3 aromatic heterocycles. The fourth-order valence-electron chi connectivity index (χ4n) is 3.26. The van der Waals surface area contributed by atoms with Crippen LogP contribution < -0.4 is 11.1 Å². The number of fused-ring (bicyclic) bond motifs is 1. The quantitative estimate of drug-likeness (QED) is 0.528. The van der Waals surface area contributed by atoms with E-state index in [4.69, 9.17) is 5.73 Å². The Bertz CT molecular complexity index is 1250. The van der Waals surface area contributed by atoms with E-state index in [-0.39, 0.29) is 17.2 Å². The Morgan fingerprint density at radius 3 is 2.79 bits per heavy atom. The molecular formula is C20H18FN5O2S. The lowest BCUT2D eigenvalue weighted by atomic mass is 10.2. The molecule has 1 aromatic carbocycles. The van der Waals surface area contributed by atoms with Gasteiger partial charge in [-0.2, -0.15) is 5.10 Å². The number of hydrogen-bond acceptors (Lipinski definition) is 4. The van der Waals surface area contributed by atoms with Gasteiger partial charge in [0.1, 0.15) is 11.5 Å². The fourth-order valence-corrected chi connectivity index (χ4v) is 4.08. The molecule has 0 aliphatic carbocycles. The number of carbonyl (C=O) groups excluding carboxylic acids is 2. The Kier molecular flexibility index (Phi) is 4.67. The molecule has 2 amide bonds. The van der Waals surface area contributed by atoms with Crippen molar-refractivity contribution in [1.82, 2.24) is 14.3 Å². The zero-order chi connectivity index (χ0) is 20.7. The fraction of sp³-hybridized carbons (Fsp3) is 0.150. The Balaban J connectivity index is 1.74. The molecule has 0 bridgehead atoms. The summed E-state index contributed by atoms with van der Waals surface area (Å²) in [5.41, 5.74) is 8.30. The summed E-state index contributed by atoms with van der Waals surface area (Å²) in [7, 11) is 1.67. The van der Waals surface area contributed by atoms with Gasteiger partial charge in [0, 0.05) is 13.6 Å². The number of nitrogens with one attached hydrogen (secondary N) is 1. The lowest BCUT2D eigenvalue weighted by molar-refractivity contribution is 0.0995. The third-order valence-corrected chi connectivity index (χ3v) is 5.64. The highest BCUT2D eigenvalue weighted by atomic mass is 32.1. The van der Waals surface area contributed by atoms with Crippen molar-refractivity contribution >= 4 is 39.1 Å². The van der Waals surface area contributed by atoms with E-state index in [2.05, 4.69) is 10.4 Å². The Labute approximate surface area is 169 Å². The van der Waals surface area contributed by atoms with Crippen LogP contribution in [0.4, 0.5) is 10.1 Å². The molecule has 3 heterocycles. The zero-order valence-corrected chi connectivity index (χ0v) is 16.6. The maximum atomic E-state index is 13.6. The lowest BCUT2D eigenvalue weighted by Gasteiger charge is -2.11. The number of amides is 2. The van der Waals surface area contributed by atoms with Gasteiger partial charge in [-0.15, -0.1) is 11.3 Å². The normalized spacial score (nSPS) is 11.1. The summed E-state index contributed by atoms with van der Waals surface area (Å²) in [6, 6.07) is 9.96. The number of primary amides is 1. The van der Waals surface area contributed by atoms with Crippen LogP contribution in [0, 0.1) is 12.7 Å². The molecule has 0 radical (unpaired) electrons. The Morgan fingerprint density at radius 2 is 2.07 bits per heavy atom. The van der Waals surface area contributed by atoms with E-state index < -0.39 is 11.8 Å². The molecule has 0 saturated heterocycles. The summed E-state index contributed by atoms with van der Waals surface area (Å²) in [6.45, 7) is 2.06. The van der Waals surface area contributed by atoms with Crippen molar-refractivity contribution in [2.75, 3.05) is 5.32 Å². The third-order valence-electron chi connectivity index (χ3n) is 4.79. The minimum Gasteiger partial charge on any atom is -0.364 e. The predicted molar refractivity (Wildman–Crippen MR) is 110 cm³/mol. The van der Waals surface area contributed by atoms with Crippen LogP contribution in [0.2, 0.25) is 0 Å². The number of rotatable bonds is 5. The van der Waals surface area contributed by atoms with E-state index >= 15 is 0 Å². The van der Waals surface area contributed by atoms with Gasteiger partial charge >= 0.3 is 0 Å². The summed E-state index contributed by atoms with van der Waals surface area (Å²) in [5.74, 6) is -1.46. The van der Waals surface area contributed by atoms with E-state index in [1.54, 1.807) is 32.2 Å². The Morgan fingerprint density at radius 1 is 1.28 bits per heavy atom. The van der Waals surface area contributed by atoms with Crippen LogP contribution in [0.5, 0.6) is 0 Å². The first-order valence-corrected chi connectivity index (χ1v) is 9.69. The molecule has 0 saturated carbocycles. The molecule has 4 aromatic rings. The number of anilines is 1. The summed E-state index contributed by atoms with van der Waals surface area (Å²) >= 11 is 1.51. The van der Waals surface area contributed by atoms with Gasteiger partial charge in [0.05, 0.1) is 21.6 Å². The van der Waals surface area contributed by atoms with Gasteiger partial charge in [-0.3, -0.25) is 14.3 Å². The van der Waals surface area contributed by atoms with E-state index in [0.717, 1.165) is 15.8 Å². The zero-order valence-electron chi connectivity index (χ0n) is 15.8. The van der Waals surface area contributed by atoms with E-state index in [9.17, 15) is 14.0 Å².